The third-order valence-corrected chi connectivity index (χ3v) is 2.93. The summed E-state index contributed by atoms with van der Waals surface area (Å²) in [6.45, 7) is 0.611. The number of anilines is 2. The second kappa shape index (κ2) is 5.93. The van der Waals surface area contributed by atoms with Gasteiger partial charge in [0, 0.05) is 19.7 Å². The first-order chi connectivity index (χ1) is 9.63. The zero-order chi connectivity index (χ0) is 14.5. The number of aromatic nitrogens is 1. The molecule has 0 aliphatic rings. The fourth-order valence-corrected chi connectivity index (χ4v) is 1.95. The fraction of sp³-hybridized carbons (Fsp3) is 0.200. The number of methoxy groups -OCH3 is 1. The minimum atomic E-state index is 0.520. The topological polar surface area (TPSA) is 75.2 Å². The van der Waals surface area contributed by atoms with Crippen LogP contribution in [0, 0.1) is 11.3 Å². The SMILES string of the molecule is COc1ccc(N)c(N(C)Cc2cccc(C#N)c2)n1. The average Bonchev–Trinajstić information content (AvgIpc) is 2.47. The highest BCUT2D eigenvalue weighted by molar-refractivity contribution is 5.63. The van der Waals surface area contributed by atoms with Crippen LogP contribution in [0.3, 0.4) is 0 Å². The van der Waals surface area contributed by atoms with Crippen LogP contribution in [0.1, 0.15) is 11.1 Å². The van der Waals surface area contributed by atoms with Crippen molar-refractivity contribution in [2.75, 3.05) is 24.8 Å². The largest absolute Gasteiger partial charge is 0.481 e. The Bertz CT molecular complexity index is 649. The van der Waals surface area contributed by atoms with Crippen LogP contribution >= 0.6 is 0 Å². The normalized spacial score (nSPS) is 9.85. The zero-order valence-corrected chi connectivity index (χ0v) is 11.5. The van der Waals surface area contributed by atoms with E-state index in [1.54, 1.807) is 25.3 Å². The summed E-state index contributed by atoms with van der Waals surface area (Å²) in [7, 11) is 3.47. The van der Waals surface area contributed by atoms with Crippen molar-refractivity contribution in [1.29, 1.82) is 5.26 Å². The lowest BCUT2D eigenvalue weighted by Crippen LogP contribution is -2.19. The van der Waals surface area contributed by atoms with Gasteiger partial charge < -0.3 is 15.4 Å². The van der Waals surface area contributed by atoms with Crippen molar-refractivity contribution in [3.05, 3.63) is 47.5 Å². The molecule has 0 radical (unpaired) electrons. The third kappa shape index (κ3) is 2.98. The first-order valence-electron chi connectivity index (χ1n) is 6.14. The van der Waals surface area contributed by atoms with E-state index in [1.807, 2.05) is 30.1 Å². The summed E-state index contributed by atoms with van der Waals surface area (Å²) in [5, 5.41) is 8.91. The fourth-order valence-electron chi connectivity index (χ4n) is 1.95. The monoisotopic (exact) mass is 268 g/mol. The Labute approximate surface area is 118 Å². The summed E-state index contributed by atoms with van der Waals surface area (Å²) in [6, 6.07) is 13.1. The van der Waals surface area contributed by atoms with Crippen LogP contribution < -0.4 is 15.4 Å². The van der Waals surface area contributed by atoms with Crippen LogP contribution in [0.25, 0.3) is 0 Å². The van der Waals surface area contributed by atoms with E-state index in [0.717, 1.165) is 5.56 Å². The summed E-state index contributed by atoms with van der Waals surface area (Å²) in [6.07, 6.45) is 0. The van der Waals surface area contributed by atoms with Gasteiger partial charge in [0.15, 0.2) is 5.82 Å². The number of hydrogen-bond donors (Lipinski definition) is 1. The molecule has 2 aromatic rings. The van der Waals surface area contributed by atoms with Crippen molar-refractivity contribution in [2.24, 2.45) is 0 Å². The van der Waals surface area contributed by atoms with Gasteiger partial charge in [0.25, 0.3) is 0 Å². The first-order valence-corrected chi connectivity index (χ1v) is 6.14. The molecule has 0 unspecified atom stereocenters. The Kier molecular flexibility index (Phi) is 4.06. The van der Waals surface area contributed by atoms with Crippen molar-refractivity contribution >= 4 is 11.5 Å². The van der Waals surface area contributed by atoms with Gasteiger partial charge in [-0.3, -0.25) is 0 Å². The first kappa shape index (κ1) is 13.7. The van der Waals surface area contributed by atoms with Crippen LogP contribution in [0.5, 0.6) is 5.88 Å². The Morgan fingerprint density at radius 1 is 1.35 bits per heavy atom. The zero-order valence-electron chi connectivity index (χ0n) is 11.5. The quantitative estimate of drug-likeness (QED) is 0.919. The number of pyridine rings is 1. The number of rotatable bonds is 4. The Balaban J connectivity index is 2.23. The van der Waals surface area contributed by atoms with E-state index in [-0.39, 0.29) is 0 Å². The van der Waals surface area contributed by atoms with Crippen molar-refractivity contribution in [3.8, 4) is 11.9 Å². The predicted molar refractivity (Wildman–Crippen MR) is 78.5 cm³/mol. The van der Waals surface area contributed by atoms with Crippen LogP contribution in [0.4, 0.5) is 11.5 Å². The van der Waals surface area contributed by atoms with E-state index < -0.39 is 0 Å². The molecule has 0 spiro atoms. The second-order valence-electron chi connectivity index (χ2n) is 4.43. The number of nitrogen functional groups attached to an aromatic ring is 1. The molecule has 2 rings (SSSR count). The molecule has 5 nitrogen and oxygen atoms in total. The summed E-state index contributed by atoms with van der Waals surface area (Å²) in [5.74, 6) is 1.18. The van der Waals surface area contributed by atoms with E-state index in [4.69, 9.17) is 15.7 Å². The van der Waals surface area contributed by atoms with E-state index in [2.05, 4.69) is 11.1 Å². The molecule has 0 aliphatic heterocycles. The molecule has 0 amide bonds. The number of nitrogens with two attached hydrogens (primary N) is 1. The van der Waals surface area contributed by atoms with Gasteiger partial charge in [-0.05, 0) is 23.8 Å². The third-order valence-electron chi connectivity index (χ3n) is 2.93. The molecule has 1 aromatic carbocycles. The minimum Gasteiger partial charge on any atom is -0.481 e. The molecule has 1 heterocycles. The second-order valence-corrected chi connectivity index (χ2v) is 4.43. The Morgan fingerprint density at radius 2 is 2.15 bits per heavy atom. The lowest BCUT2D eigenvalue weighted by molar-refractivity contribution is 0.398. The Morgan fingerprint density at radius 3 is 2.85 bits per heavy atom. The van der Waals surface area contributed by atoms with Gasteiger partial charge in [-0.15, -0.1) is 0 Å². The number of ether oxygens (including phenoxy) is 1. The van der Waals surface area contributed by atoms with Gasteiger partial charge in [0.05, 0.1) is 24.4 Å². The summed E-state index contributed by atoms with van der Waals surface area (Å²) in [5.41, 5.74) is 8.20. The summed E-state index contributed by atoms with van der Waals surface area (Å²) >= 11 is 0. The summed E-state index contributed by atoms with van der Waals surface area (Å²) in [4.78, 5) is 6.27. The number of nitriles is 1. The maximum Gasteiger partial charge on any atom is 0.215 e. The maximum atomic E-state index is 8.91. The van der Waals surface area contributed by atoms with Gasteiger partial charge >= 0.3 is 0 Å². The molecule has 0 saturated carbocycles. The van der Waals surface area contributed by atoms with E-state index >= 15 is 0 Å². The Hall–Kier alpha value is -2.74. The van der Waals surface area contributed by atoms with Crippen LogP contribution in [-0.2, 0) is 6.54 Å². The molecule has 2 N–H and O–H groups in total. The molecule has 20 heavy (non-hydrogen) atoms. The lowest BCUT2D eigenvalue weighted by atomic mass is 10.1. The van der Waals surface area contributed by atoms with Crippen molar-refractivity contribution in [2.45, 2.75) is 6.54 Å². The molecule has 102 valence electrons. The van der Waals surface area contributed by atoms with E-state index in [1.165, 1.54) is 0 Å². The van der Waals surface area contributed by atoms with Crippen LogP contribution in [-0.4, -0.2) is 19.1 Å². The van der Waals surface area contributed by atoms with Crippen LogP contribution in [0.15, 0.2) is 36.4 Å². The number of nitrogens with zero attached hydrogens (tertiary/aromatic N) is 3. The minimum absolute atomic E-state index is 0.520. The highest BCUT2D eigenvalue weighted by atomic mass is 16.5. The van der Waals surface area contributed by atoms with Gasteiger partial charge in [-0.2, -0.15) is 10.2 Å². The highest BCUT2D eigenvalue weighted by Crippen LogP contribution is 2.24. The van der Waals surface area contributed by atoms with Gasteiger partial charge in [0.1, 0.15) is 0 Å². The van der Waals surface area contributed by atoms with E-state index in [9.17, 15) is 0 Å². The molecular formula is C15H16N4O. The molecule has 0 fully saturated rings. The van der Waals surface area contributed by atoms with Crippen molar-refractivity contribution in [1.82, 2.24) is 4.98 Å². The lowest BCUT2D eigenvalue weighted by Gasteiger charge is -2.20. The number of benzene rings is 1. The standard InChI is InChI=1S/C15H16N4O/c1-19(10-12-5-3-4-11(8-12)9-16)15-13(17)6-7-14(18-15)20-2/h3-8H,10,17H2,1-2H3. The number of hydrogen-bond acceptors (Lipinski definition) is 5. The molecular weight excluding hydrogens is 252 g/mol. The van der Waals surface area contributed by atoms with Gasteiger partial charge in [-0.25, -0.2) is 0 Å². The van der Waals surface area contributed by atoms with Crippen molar-refractivity contribution < 1.29 is 4.74 Å². The molecule has 0 atom stereocenters. The van der Waals surface area contributed by atoms with Gasteiger partial charge in [-0.1, -0.05) is 12.1 Å². The molecule has 1 aromatic heterocycles. The van der Waals surface area contributed by atoms with Crippen LogP contribution in [0.2, 0.25) is 0 Å². The molecule has 0 aliphatic carbocycles. The molecule has 0 saturated heterocycles. The predicted octanol–water partition coefficient (Wildman–Crippen LogP) is 2.18. The molecule has 5 heteroatoms. The molecule has 0 bridgehead atoms. The van der Waals surface area contributed by atoms with E-state index in [0.29, 0.717) is 29.5 Å². The average molecular weight is 268 g/mol. The van der Waals surface area contributed by atoms with Gasteiger partial charge in [0.2, 0.25) is 5.88 Å². The maximum absolute atomic E-state index is 8.91. The highest BCUT2D eigenvalue weighted by Gasteiger charge is 2.09. The van der Waals surface area contributed by atoms with Crippen molar-refractivity contribution in [3.63, 3.8) is 0 Å². The summed E-state index contributed by atoms with van der Waals surface area (Å²) < 4.78 is 5.11. The smallest absolute Gasteiger partial charge is 0.215 e.